The number of hydrogen-bond acceptors (Lipinski definition) is 6. The van der Waals surface area contributed by atoms with Crippen LogP contribution in [0.5, 0.6) is 0 Å². The number of nitrogens with one attached hydrogen (secondary N) is 2. The van der Waals surface area contributed by atoms with Gasteiger partial charge >= 0.3 is 0 Å². The Morgan fingerprint density at radius 1 is 1.29 bits per heavy atom. The maximum atomic E-state index is 13.1. The van der Waals surface area contributed by atoms with Crippen LogP contribution in [0.1, 0.15) is 60.8 Å². The molecule has 2 aromatic rings. The van der Waals surface area contributed by atoms with Crippen molar-refractivity contribution in [1.82, 2.24) is 9.97 Å². The zero-order chi connectivity index (χ0) is 19.8. The molecule has 1 aliphatic carbocycles. The number of ketones is 1. The summed E-state index contributed by atoms with van der Waals surface area (Å²) >= 11 is 3.23. The first-order valence-corrected chi connectivity index (χ1v) is 11.6. The zero-order valence-corrected chi connectivity index (χ0v) is 18.1. The quantitative estimate of drug-likeness (QED) is 0.540. The van der Waals surface area contributed by atoms with E-state index in [0.29, 0.717) is 28.9 Å². The molecular weight excluding hydrogens is 390 g/mol. The predicted molar refractivity (Wildman–Crippen MR) is 115 cm³/mol. The van der Waals surface area contributed by atoms with Gasteiger partial charge in [0, 0.05) is 33.2 Å². The molecule has 2 N–H and O–H groups in total. The first-order chi connectivity index (χ1) is 13.4. The van der Waals surface area contributed by atoms with Gasteiger partial charge in [0.2, 0.25) is 0 Å². The highest BCUT2D eigenvalue weighted by Gasteiger charge is 2.38. The Kier molecular flexibility index (Phi) is 5.47. The Hall–Kier alpha value is -1.86. The van der Waals surface area contributed by atoms with Gasteiger partial charge in [-0.15, -0.1) is 11.3 Å². The molecule has 0 aromatic carbocycles. The van der Waals surface area contributed by atoms with Gasteiger partial charge in [-0.2, -0.15) is 0 Å². The topological polar surface area (TPSA) is 74.8 Å². The van der Waals surface area contributed by atoms with Crippen molar-refractivity contribution in [1.29, 1.82) is 0 Å². The number of fused-ring (bicyclic) bond motifs is 1. The van der Waals surface area contributed by atoms with Crippen LogP contribution in [0, 0.1) is 12.8 Å². The molecule has 148 valence electrons. The van der Waals surface area contributed by atoms with Crippen LogP contribution in [0.15, 0.2) is 33.4 Å². The monoisotopic (exact) mass is 415 g/mol. The zero-order valence-electron chi connectivity index (χ0n) is 16.4. The van der Waals surface area contributed by atoms with E-state index in [1.54, 1.807) is 23.1 Å². The van der Waals surface area contributed by atoms with Crippen molar-refractivity contribution in [3.63, 3.8) is 0 Å². The molecular formula is C21H25N3O2S2. The maximum Gasteiger partial charge on any atom is 0.257 e. The summed E-state index contributed by atoms with van der Waals surface area (Å²) < 4.78 is 0. The summed E-state index contributed by atoms with van der Waals surface area (Å²) in [4.78, 5) is 35.7. The number of thioether (sulfide) groups is 1. The Morgan fingerprint density at radius 2 is 2.11 bits per heavy atom. The van der Waals surface area contributed by atoms with E-state index in [1.807, 2.05) is 19.1 Å². The molecule has 0 unspecified atom stereocenters. The summed E-state index contributed by atoms with van der Waals surface area (Å²) in [5.74, 6) is 1.97. The van der Waals surface area contributed by atoms with E-state index in [2.05, 4.69) is 24.1 Å². The predicted octanol–water partition coefficient (Wildman–Crippen LogP) is 4.84. The van der Waals surface area contributed by atoms with Gasteiger partial charge in [-0.05, 0) is 44.2 Å². The lowest BCUT2D eigenvalue weighted by atomic mass is 9.79. The second-order valence-corrected chi connectivity index (χ2v) is 10.2. The summed E-state index contributed by atoms with van der Waals surface area (Å²) in [6.45, 7) is 6.42. The summed E-state index contributed by atoms with van der Waals surface area (Å²) in [6.07, 6.45) is 3.28. The fourth-order valence-corrected chi connectivity index (χ4v) is 5.89. The number of aryl methyl sites for hydroxylation is 1. The van der Waals surface area contributed by atoms with Crippen LogP contribution in [-0.2, 0) is 4.79 Å². The molecule has 0 amide bonds. The highest BCUT2D eigenvalue weighted by atomic mass is 32.2. The van der Waals surface area contributed by atoms with Crippen molar-refractivity contribution in [3.05, 3.63) is 49.1 Å². The molecule has 0 saturated carbocycles. The van der Waals surface area contributed by atoms with Crippen LogP contribution in [0.3, 0.4) is 0 Å². The van der Waals surface area contributed by atoms with E-state index in [0.717, 1.165) is 41.2 Å². The molecule has 28 heavy (non-hydrogen) atoms. The number of carbonyl (C=O) groups is 1. The van der Waals surface area contributed by atoms with Gasteiger partial charge in [0.15, 0.2) is 10.9 Å². The minimum atomic E-state index is -0.316. The number of nitrogens with zero attached hydrogens (tertiary/aromatic N) is 1. The minimum absolute atomic E-state index is 0.144. The van der Waals surface area contributed by atoms with Crippen LogP contribution in [-0.4, -0.2) is 21.5 Å². The average Bonchev–Trinajstić information content (AvgIpc) is 3.06. The number of thiophene rings is 1. The van der Waals surface area contributed by atoms with E-state index in [9.17, 15) is 9.59 Å². The van der Waals surface area contributed by atoms with Gasteiger partial charge in [0.05, 0.1) is 11.5 Å². The van der Waals surface area contributed by atoms with Crippen molar-refractivity contribution < 1.29 is 4.79 Å². The van der Waals surface area contributed by atoms with Crippen LogP contribution < -0.4 is 10.9 Å². The SMILES string of the molecule is Cc1ccc([C@H]2C3=C(CCCC3=O)Nc3nc(SCCC(C)C)[nH]c(=O)c32)s1. The fourth-order valence-electron chi connectivity index (χ4n) is 3.79. The molecule has 0 spiro atoms. The Bertz CT molecular complexity index is 1000. The molecule has 0 fully saturated rings. The molecule has 7 heteroatoms. The number of Topliss-reactive ketones (excluding diaryl/α,β-unsaturated/α-hetero) is 1. The van der Waals surface area contributed by atoms with Crippen LogP contribution in [0.25, 0.3) is 0 Å². The Balaban J connectivity index is 1.78. The van der Waals surface area contributed by atoms with E-state index < -0.39 is 0 Å². The maximum absolute atomic E-state index is 13.1. The van der Waals surface area contributed by atoms with Crippen LogP contribution >= 0.6 is 23.1 Å². The molecule has 0 radical (unpaired) electrons. The van der Waals surface area contributed by atoms with Gasteiger partial charge < -0.3 is 10.3 Å². The third-order valence-corrected chi connectivity index (χ3v) is 7.19. The van der Waals surface area contributed by atoms with Crippen molar-refractivity contribution in [3.8, 4) is 0 Å². The highest BCUT2D eigenvalue weighted by molar-refractivity contribution is 7.99. The number of H-pyrrole nitrogens is 1. The lowest BCUT2D eigenvalue weighted by molar-refractivity contribution is -0.116. The molecule has 5 nitrogen and oxygen atoms in total. The van der Waals surface area contributed by atoms with Gasteiger partial charge in [0.1, 0.15) is 5.82 Å². The summed E-state index contributed by atoms with van der Waals surface area (Å²) in [5, 5.41) is 3.98. The first-order valence-electron chi connectivity index (χ1n) is 9.80. The van der Waals surface area contributed by atoms with Crippen molar-refractivity contribution in [2.75, 3.05) is 11.1 Å². The van der Waals surface area contributed by atoms with Crippen molar-refractivity contribution in [2.45, 2.75) is 57.5 Å². The number of rotatable bonds is 5. The molecule has 2 aliphatic rings. The van der Waals surface area contributed by atoms with Gasteiger partial charge in [-0.3, -0.25) is 9.59 Å². The third-order valence-electron chi connectivity index (χ3n) is 5.22. The standard InChI is InChI=1S/C21H25N3O2S2/c1-11(2)9-10-27-21-23-19-18(20(26)24-21)17(15-8-7-12(3)28-15)16-13(22-19)5-4-6-14(16)25/h7-8,11,17H,4-6,9-10H2,1-3H3,(H2,22,23,24,26)/t17-/m0/s1. The second-order valence-electron chi connectivity index (χ2n) is 7.84. The molecule has 4 rings (SSSR count). The number of aromatic amines is 1. The Morgan fingerprint density at radius 3 is 2.82 bits per heavy atom. The largest absolute Gasteiger partial charge is 0.343 e. The smallest absolute Gasteiger partial charge is 0.257 e. The highest BCUT2D eigenvalue weighted by Crippen LogP contribution is 2.45. The number of allylic oxidation sites excluding steroid dienone is 2. The number of carbonyl (C=O) groups excluding carboxylic acids is 1. The number of aromatic nitrogens is 2. The lowest BCUT2D eigenvalue weighted by Crippen LogP contribution is -2.32. The van der Waals surface area contributed by atoms with Crippen LogP contribution in [0.4, 0.5) is 5.82 Å². The van der Waals surface area contributed by atoms with E-state index in [1.165, 1.54) is 4.88 Å². The Labute approximate surface area is 173 Å². The molecule has 2 aromatic heterocycles. The van der Waals surface area contributed by atoms with Gasteiger partial charge in [0.25, 0.3) is 5.56 Å². The van der Waals surface area contributed by atoms with E-state index >= 15 is 0 Å². The van der Waals surface area contributed by atoms with E-state index in [-0.39, 0.29) is 17.3 Å². The van der Waals surface area contributed by atoms with Crippen molar-refractivity contribution >= 4 is 34.7 Å². The normalized spacial score (nSPS) is 18.9. The molecule has 3 heterocycles. The van der Waals surface area contributed by atoms with Crippen molar-refractivity contribution in [2.24, 2.45) is 5.92 Å². The van der Waals surface area contributed by atoms with E-state index in [4.69, 9.17) is 4.98 Å². The lowest BCUT2D eigenvalue weighted by Gasteiger charge is -2.32. The summed E-state index contributed by atoms with van der Waals surface area (Å²) in [5.41, 5.74) is 2.12. The summed E-state index contributed by atoms with van der Waals surface area (Å²) in [7, 11) is 0. The van der Waals surface area contributed by atoms with Gasteiger partial charge in [-0.25, -0.2) is 4.98 Å². The number of hydrogen-bond donors (Lipinski definition) is 2. The minimum Gasteiger partial charge on any atom is -0.343 e. The fraction of sp³-hybridized carbons (Fsp3) is 0.476. The van der Waals surface area contributed by atoms with Crippen LogP contribution in [0.2, 0.25) is 0 Å². The number of anilines is 1. The molecule has 1 atom stereocenters. The molecule has 0 bridgehead atoms. The third kappa shape index (κ3) is 3.70. The van der Waals surface area contributed by atoms with Gasteiger partial charge in [-0.1, -0.05) is 25.6 Å². The first kappa shape index (κ1) is 19.5. The average molecular weight is 416 g/mol. The summed E-state index contributed by atoms with van der Waals surface area (Å²) in [6, 6.07) is 4.09. The molecule has 1 aliphatic heterocycles. The second kappa shape index (κ2) is 7.87. The molecule has 0 saturated heterocycles.